The van der Waals surface area contributed by atoms with Gasteiger partial charge in [-0.3, -0.25) is 9.59 Å². The van der Waals surface area contributed by atoms with Gasteiger partial charge < -0.3 is 9.84 Å². The predicted molar refractivity (Wildman–Crippen MR) is 87.8 cm³/mol. The number of hydrogen-bond acceptors (Lipinski definition) is 4. The fourth-order valence-corrected chi connectivity index (χ4v) is 2.87. The van der Waals surface area contributed by atoms with Crippen LogP contribution in [0.2, 0.25) is 0 Å². The number of rotatable bonds is 6. The van der Waals surface area contributed by atoms with Crippen molar-refractivity contribution in [2.75, 3.05) is 7.11 Å². The van der Waals surface area contributed by atoms with Gasteiger partial charge in [-0.15, -0.1) is 0 Å². The number of phenolic OH excluding ortho intramolecular Hbond substituents is 1. The molecule has 2 aromatic rings. The molecule has 1 N–H and O–H groups in total. The summed E-state index contributed by atoms with van der Waals surface area (Å²) in [7, 11) is 1.57. The Bertz CT molecular complexity index is 690. The average molecular weight is 312 g/mol. The lowest BCUT2D eigenvalue weighted by Crippen LogP contribution is -2.28. The molecule has 23 heavy (non-hydrogen) atoms. The van der Waals surface area contributed by atoms with Crippen molar-refractivity contribution in [1.29, 1.82) is 0 Å². The zero-order valence-electron chi connectivity index (χ0n) is 13.4. The monoisotopic (exact) mass is 312 g/mol. The molecule has 0 bridgehead atoms. The SMILES string of the molecule is COc1ccc([C@H](c2ccccc2O)C(C(C)=O)C(C)=O)cc1. The van der Waals surface area contributed by atoms with Crippen molar-refractivity contribution >= 4 is 11.6 Å². The second kappa shape index (κ2) is 7.09. The first-order valence-electron chi connectivity index (χ1n) is 7.38. The van der Waals surface area contributed by atoms with Crippen molar-refractivity contribution in [2.45, 2.75) is 19.8 Å². The largest absolute Gasteiger partial charge is 0.508 e. The van der Waals surface area contributed by atoms with Gasteiger partial charge in [0.15, 0.2) is 0 Å². The summed E-state index contributed by atoms with van der Waals surface area (Å²) < 4.78 is 5.15. The van der Waals surface area contributed by atoms with Crippen LogP contribution < -0.4 is 4.74 Å². The van der Waals surface area contributed by atoms with Gasteiger partial charge in [-0.1, -0.05) is 30.3 Å². The van der Waals surface area contributed by atoms with Crippen LogP contribution in [0.25, 0.3) is 0 Å². The number of hydrogen-bond donors (Lipinski definition) is 1. The van der Waals surface area contributed by atoms with Crippen LogP contribution in [0.4, 0.5) is 0 Å². The van der Waals surface area contributed by atoms with E-state index in [4.69, 9.17) is 4.74 Å². The molecule has 0 amide bonds. The van der Waals surface area contributed by atoms with E-state index in [0.717, 1.165) is 5.56 Å². The number of phenols is 1. The molecule has 0 heterocycles. The number of aromatic hydroxyl groups is 1. The molecular formula is C19H20O4. The molecule has 2 aromatic carbocycles. The molecule has 1 atom stereocenters. The molecule has 0 aliphatic rings. The first kappa shape index (κ1) is 16.7. The Balaban J connectivity index is 2.61. The van der Waals surface area contributed by atoms with Crippen molar-refractivity contribution in [3.8, 4) is 11.5 Å². The lowest BCUT2D eigenvalue weighted by Gasteiger charge is -2.25. The van der Waals surface area contributed by atoms with Crippen molar-refractivity contribution in [1.82, 2.24) is 0 Å². The summed E-state index contributed by atoms with van der Waals surface area (Å²) in [6.07, 6.45) is 0. The molecule has 0 spiro atoms. The third-order valence-corrected chi connectivity index (χ3v) is 3.96. The molecule has 0 saturated carbocycles. The van der Waals surface area contributed by atoms with Crippen molar-refractivity contribution < 1.29 is 19.4 Å². The number of carbonyl (C=O) groups excluding carboxylic acids is 2. The highest BCUT2D eigenvalue weighted by Crippen LogP contribution is 2.38. The van der Waals surface area contributed by atoms with E-state index < -0.39 is 11.8 Å². The van der Waals surface area contributed by atoms with Gasteiger partial charge in [0, 0.05) is 11.5 Å². The number of para-hydroxylation sites is 1. The molecule has 0 aliphatic heterocycles. The Kier molecular flexibility index (Phi) is 5.16. The van der Waals surface area contributed by atoms with E-state index in [2.05, 4.69) is 0 Å². The molecular weight excluding hydrogens is 292 g/mol. The van der Waals surface area contributed by atoms with Crippen LogP contribution in [-0.2, 0) is 9.59 Å². The fraction of sp³-hybridized carbons (Fsp3) is 0.263. The van der Waals surface area contributed by atoms with E-state index in [9.17, 15) is 14.7 Å². The molecule has 4 heteroatoms. The van der Waals surface area contributed by atoms with E-state index in [1.807, 2.05) is 12.1 Å². The smallest absolute Gasteiger partial charge is 0.141 e. The van der Waals surface area contributed by atoms with E-state index >= 15 is 0 Å². The second-order valence-electron chi connectivity index (χ2n) is 5.51. The fourth-order valence-electron chi connectivity index (χ4n) is 2.87. The lowest BCUT2D eigenvalue weighted by atomic mass is 9.76. The third kappa shape index (κ3) is 3.59. The van der Waals surface area contributed by atoms with Gasteiger partial charge in [0.25, 0.3) is 0 Å². The second-order valence-corrected chi connectivity index (χ2v) is 5.51. The van der Waals surface area contributed by atoms with Gasteiger partial charge >= 0.3 is 0 Å². The van der Waals surface area contributed by atoms with Crippen LogP contribution in [0.5, 0.6) is 11.5 Å². The maximum atomic E-state index is 12.1. The van der Waals surface area contributed by atoms with Crippen molar-refractivity contribution in [3.63, 3.8) is 0 Å². The van der Waals surface area contributed by atoms with Gasteiger partial charge in [0.05, 0.1) is 13.0 Å². The topological polar surface area (TPSA) is 63.6 Å². The van der Waals surface area contributed by atoms with Crippen LogP contribution >= 0.6 is 0 Å². The van der Waals surface area contributed by atoms with Crippen LogP contribution in [0, 0.1) is 5.92 Å². The van der Waals surface area contributed by atoms with E-state index in [1.165, 1.54) is 13.8 Å². The first-order valence-corrected chi connectivity index (χ1v) is 7.38. The van der Waals surface area contributed by atoms with Gasteiger partial charge in [-0.05, 0) is 37.6 Å². The van der Waals surface area contributed by atoms with Gasteiger partial charge in [-0.2, -0.15) is 0 Å². The minimum Gasteiger partial charge on any atom is -0.508 e. The van der Waals surface area contributed by atoms with E-state index in [-0.39, 0.29) is 17.3 Å². The Hall–Kier alpha value is -2.62. The number of ketones is 2. The minimum absolute atomic E-state index is 0.0702. The number of methoxy groups -OCH3 is 1. The van der Waals surface area contributed by atoms with E-state index in [0.29, 0.717) is 11.3 Å². The summed E-state index contributed by atoms with van der Waals surface area (Å²) in [6, 6.07) is 14.0. The standard InChI is InChI=1S/C19H20O4/c1-12(20)18(13(2)21)19(16-6-4-5-7-17(16)22)14-8-10-15(23-3)11-9-14/h4-11,18-19,22H,1-3H3/t19-/m1/s1. The zero-order chi connectivity index (χ0) is 17.0. The number of Topliss-reactive ketones (excluding diaryl/α,β-unsaturated/α-hetero) is 2. The van der Waals surface area contributed by atoms with E-state index in [1.54, 1.807) is 43.5 Å². The Labute approximate surface area is 135 Å². The normalized spacial score (nSPS) is 12.0. The summed E-state index contributed by atoms with van der Waals surface area (Å²) in [6.45, 7) is 2.81. The molecule has 120 valence electrons. The number of carbonyl (C=O) groups is 2. The highest BCUT2D eigenvalue weighted by Gasteiger charge is 2.33. The summed E-state index contributed by atoms with van der Waals surface area (Å²) in [5.41, 5.74) is 1.34. The summed E-state index contributed by atoms with van der Waals surface area (Å²) in [5, 5.41) is 10.2. The van der Waals surface area contributed by atoms with Crippen LogP contribution in [0.3, 0.4) is 0 Å². The Morgan fingerprint density at radius 2 is 1.52 bits per heavy atom. The molecule has 0 radical (unpaired) electrons. The predicted octanol–water partition coefficient (Wildman–Crippen LogP) is 3.33. The highest BCUT2D eigenvalue weighted by molar-refractivity contribution is 6.01. The highest BCUT2D eigenvalue weighted by atomic mass is 16.5. The van der Waals surface area contributed by atoms with Crippen molar-refractivity contribution in [3.05, 3.63) is 59.7 Å². The van der Waals surface area contributed by atoms with Crippen LogP contribution in [-0.4, -0.2) is 23.8 Å². The number of benzene rings is 2. The first-order chi connectivity index (χ1) is 11.0. The van der Waals surface area contributed by atoms with Gasteiger partial charge in [0.2, 0.25) is 0 Å². The molecule has 0 aromatic heterocycles. The third-order valence-electron chi connectivity index (χ3n) is 3.96. The molecule has 0 aliphatic carbocycles. The molecule has 0 saturated heterocycles. The average Bonchev–Trinajstić information content (AvgIpc) is 2.53. The summed E-state index contributed by atoms with van der Waals surface area (Å²) in [4.78, 5) is 24.2. The van der Waals surface area contributed by atoms with Gasteiger partial charge in [0.1, 0.15) is 23.1 Å². The van der Waals surface area contributed by atoms with Crippen LogP contribution in [0.1, 0.15) is 30.9 Å². The summed E-state index contributed by atoms with van der Waals surface area (Å²) in [5.74, 6) is -1.05. The Morgan fingerprint density at radius 3 is 2.00 bits per heavy atom. The maximum absolute atomic E-state index is 12.1. The van der Waals surface area contributed by atoms with Gasteiger partial charge in [-0.25, -0.2) is 0 Å². The molecule has 4 nitrogen and oxygen atoms in total. The lowest BCUT2D eigenvalue weighted by molar-refractivity contribution is -0.130. The molecule has 2 rings (SSSR count). The number of ether oxygens (including phenoxy) is 1. The molecule has 0 unspecified atom stereocenters. The minimum atomic E-state index is -0.836. The zero-order valence-corrected chi connectivity index (χ0v) is 13.4. The van der Waals surface area contributed by atoms with Crippen LogP contribution in [0.15, 0.2) is 48.5 Å². The quantitative estimate of drug-likeness (QED) is 0.831. The maximum Gasteiger partial charge on any atom is 0.141 e. The molecule has 0 fully saturated rings. The Morgan fingerprint density at radius 1 is 0.957 bits per heavy atom. The summed E-state index contributed by atoms with van der Waals surface area (Å²) >= 11 is 0. The van der Waals surface area contributed by atoms with Crippen molar-refractivity contribution in [2.24, 2.45) is 5.92 Å².